The Hall–Kier alpha value is -1.14. The van der Waals surface area contributed by atoms with E-state index in [-0.39, 0.29) is 12.5 Å². The molecule has 1 atom stereocenters. The number of likely N-dealkylation sites (N-methyl/N-ethyl adjacent to an activating group) is 1. The summed E-state index contributed by atoms with van der Waals surface area (Å²) in [6.45, 7) is 2.15. The van der Waals surface area contributed by atoms with Crippen LogP contribution in [0.3, 0.4) is 0 Å². The van der Waals surface area contributed by atoms with Crippen LogP contribution in [0, 0.1) is 0 Å². The molecule has 1 rings (SSSR count). The van der Waals surface area contributed by atoms with Crippen LogP contribution in [-0.2, 0) is 4.79 Å². The zero-order valence-corrected chi connectivity index (χ0v) is 9.17. The molecule has 86 valence electrons. The van der Waals surface area contributed by atoms with E-state index in [0.717, 1.165) is 19.5 Å². The molecule has 0 radical (unpaired) electrons. The molecular weight excluding hydrogens is 196 g/mol. The molecule has 6 nitrogen and oxygen atoms in total. The maximum absolute atomic E-state index is 11.3. The van der Waals surface area contributed by atoms with Crippen LogP contribution in [0.1, 0.15) is 6.42 Å². The van der Waals surface area contributed by atoms with Crippen molar-refractivity contribution >= 4 is 11.9 Å². The predicted molar refractivity (Wildman–Crippen MR) is 56.5 cm³/mol. The minimum atomic E-state index is -0.460. The average molecular weight is 214 g/mol. The highest BCUT2D eigenvalue weighted by atomic mass is 16.2. The first kappa shape index (κ1) is 11.9. The second-order valence-corrected chi connectivity index (χ2v) is 3.69. The molecule has 1 unspecified atom stereocenters. The highest BCUT2D eigenvalue weighted by molar-refractivity contribution is 5.95. The summed E-state index contributed by atoms with van der Waals surface area (Å²) in [4.78, 5) is 24.2. The Morgan fingerprint density at radius 2 is 2.27 bits per heavy atom. The van der Waals surface area contributed by atoms with Crippen LogP contribution in [0.4, 0.5) is 4.79 Å². The van der Waals surface area contributed by atoms with Gasteiger partial charge in [0.1, 0.15) is 0 Å². The van der Waals surface area contributed by atoms with Crippen molar-refractivity contribution in [2.45, 2.75) is 12.5 Å². The highest BCUT2D eigenvalue weighted by Crippen LogP contribution is 2.04. The summed E-state index contributed by atoms with van der Waals surface area (Å²) >= 11 is 0. The molecule has 1 heterocycles. The monoisotopic (exact) mass is 214 g/mol. The largest absolute Gasteiger partial charge is 0.341 e. The van der Waals surface area contributed by atoms with E-state index in [1.807, 2.05) is 11.9 Å². The summed E-state index contributed by atoms with van der Waals surface area (Å²) in [6, 6.07) is -0.0709. The van der Waals surface area contributed by atoms with E-state index in [1.54, 1.807) is 0 Å². The van der Waals surface area contributed by atoms with E-state index in [2.05, 4.69) is 16.0 Å². The lowest BCUT2D eigenvalue weighted by Crippen LogP contribution is -2.45. The first-order valence-electron chi connectivity index (χ1n) is 5.06. The normalized spacial score (nSPS) is 20.3. The first-order chi connectivity index (χ1) is 7.13. The number of amides is 3. The summed E-state index contributed by atoms with van der Waals surface area (Å²) in [5.74, 6) is -0.274. The van der Waals surface area contributed by atoms with Gasteiger partial charge in [-0.3, -0.25) is 15.0 Å². The zero-order valence-electron chi connectivity index (χ0n) is 9.17. The SMILES string of the molecule is CNC(=O)NC(=O)CN(C)C1CCNC1. The Kier molecular flexibility index (Phi) is 4.51. The molecule has 3 N–H and O–H groups in total. The van der Waals surface area contributed by atoms with Crippen LogP contribution in [0.15, 0.2) is 0 Å². The lowest BCUT2D eigenvalue weighted by molar-refractivity contribution is -0.121. The van der Waals surface area contributed by atoms with Gasteiger partial charge in [0.05, 0.1) is 6.54 Å². The van der Waals surface area contributed by atoms with E-state index in [0.29, 0.717) is 6.04 Å². The third-order valence-electron chi connectivity index (χ3n) is 2.53. The van der Waals surface area contributed by atoms with Gasteiger partial charge in [-0.1, -0.05) is 0 Å². The van der Waals surface area contributed by atoms with Crippen molar-refractivity contribution in [3.05, 3.63) is 0 Å². The Labute approximate surface area is 89.4 Å². The molecule has 1 aliphatic heterocycles. The fourth-order valence-electron chi connectivity index (χ4n) is 1.60. The zero-order chi connectivity index (χ0) is 11.3. The van der Waals surface area contributed by atoms with Gasteiger partial charge in [-0.25, -0.2) is 4.79 Å². The molecule has 0 aliphatic carbocycles. The van der Waals surface area contributed by atoms with Crippen molar-refractivity contribution < 1.29 is 9.59 Å². The summed E-state index contributed by atoms with van der Waals surface area (Å²) < 4.78 is 0. The molecule has 0 spiro atoms. The van der Waals surface area contributed by atoms with Crippen LogP contribution in [0.5, 0.6) is 0 Å². The number of carbonyl (C=O) groups is 2. The summed E-state index contributed by atoms with van der Waals surface area (Å²) in [7, 11) is 3.37. The topological polar surface area (TPSA) is 73.5 Å². The summed E-state index contributed by atoms with van der Waals surface area (Å²) in [6.07, 6.45) is 1.05. The van der Waals surface area contributed by atoms with Crippen LogP contribution < -0.4 is 16.0 Å². The maximum Gasteiger partial charge on any atom is 0.321 e. The molecule has 0 aromatic rings. The van der Waals surface area contributed by atoms with Gasteiger partial charge in [0.25, 0.3) is 0 Å². The van der Waals surface area contributed by atoms with Gasteiger partial charge in [-0.15, -0.1) is 0 Å². The van der Waals surface area contributed by atoms with Gasteiger partial charge in [0, 0.05) is 19.6 Å². The molecule has 3 amide bonds. The van der Waals surface area contributed by atoms with E-state index in [4.69, 9.17) is 0 Å². The van der Waals surface area contributed by atoms with Gasteiger partial charge in [0.15, 0.2) is 0 Å². The number of carbonyl (C=O) groups excluding carboxylic acids is 2. The lowest BCUT2D eigenvalue weighted by atomic mass is 10.2. The van der Waals surface area contributed by atoms with Crippen molar-refractivity contribution in [3.63, 3.8) is 0 Å². The molecule has 15 heavy (non-hydrogen) atoms. The van der Waals surface area contributed by atoms with Crippen LogP contribution in [0.25, 0.3) is 0 Å². The standard InChI is InChI=1S/C9H18N4O2/c1-10-9(15)12-8(14)6-13(2)7-3-4-11-5-7/h7,11H,3-6H2,1-2H3,(H2,10,12,14,15). The summed E-state index contributed by atoms with van der Waals surface area (Å²) in [5.41, 5.74) is 0. The lowest BCUT2D eigenvalue weighted by Gasteiger charge is -2.22. The molecular formula is C9H18N4O2. The van der Waals surface area contributed by atoms with E-state index in [9.17, 15) is 9.59 Å². The molecule has 1 saturated heterocycles. The Morgan fingerprint density at radius 1 is 1.53 bits per heavy atom. The predicted octanol–water partition coefficient (Wildman–Crippen LogP) is -1.26. The molecule has 0 aromatic heterocycles. The van der Waals surface area contributed by atoms with Crippen LogP contribution in [0.2, 0.25) is 0 Å². The number of urea groups is 1. The smallest absolute Gasteiger partial charge is 0.321 e. The number of imide groups is 1. The highest BCUT2D eigenvalue weighted by Gasteiger charge is 2.21. The van der Waals surface area contributed by atoms with Crippen molar-refractivity contribution in [1.82, 2.24) is 20.9 Å². The second-order valence-electron chi connectivity index (χ2n) is 3.69. The number of nitrogens with one attached hydrogen (secondary N) is 3. The molecule has 1 aliphatic rings. The quantitative estimate of drug-likeness (QED) is 0.548. The van der Waals surface area contributed by atoms with Gasteiger partial charge in [0.2, 0.25) is 5.91 Å². The Morgan fingerprint density at radius 3 is 2.80 bits per heavy atom. The van der Waals surface area contributed by atoms with Crippen LogP contribution >= 0.6 is 0 Å². The third kappa shape index (κ3) is 3.85. The Balaban J connectivity index is 2.27. The first-order valence-corrected chi connectivity index (χ1v) is 5.06. The number of hydrogen-bond donors (Lipinski definition) is 3. The van der Waals surface area contributed by atoms with Crippen molar-refractivity contribution in [2.24, 2.45) is 0 Å². The van der Waals surface area contributed by atoms with Gasteiger partial charge < -0.3 is 10.6 Å². The number of hydrogen-bond acceptors (Lipinski definition) is 4. The molecule has 0 bridgehead atoms. The number of nitrogens with zero attached hydrogens (tertiary/aromatic N) is 1. The fourth-order valence-corrected chi connectivity index (χ4v) is 1.60. The molecule has 0 saturated carbocycles. The Bertz CT molecular complexity index is 238. The minimum absolute atomic E-state index is 0.250. The van der Waals surface area contributed by atoms with Gasteiger partial charge in [-0.2, -0.15) is 0 Å². The molecule has 6 heteroatoms. The van der Waals surface area contributed by atoms with Crippen molar-refractivity contribution in [2.75, 3.05) is 33.7 Å². The second kappa shape index (κ2) is 5.67. The van der Waals surface area contributed by atoms with Crippen molar-refractivity contribution in [1.29, 1.82) is 0 Å². The van der Waals surface area contributed by atoms with Gasteiger partial charge in [-0.05, 0) is 20.0 Å². The van der Waals surface area contributed by atoms with Gasteiger partial charge >= 0.3 is 6.03 Å². The van der Waals surface area contributed by atoms with E-state index in [1.165, 1.54) is 7.05 Å². The number of rotatable bonds is 3. The van der Waals surface area contributed by atoms with E-state index < -0.39 is 6.03 Å². The minimum Gasteiger partial charge on any atom is -0.341 e. The van der Waals surface area contributed by atoms with Crippen molar-refractivity contribution in [3.8, 4) is 0 Å². The maximum atomic E-state index is 11.3. The summed E-state index contributed by atoms with van der Waals surface area (Å²) in [5, 5.41) is 7.80. The molecule has 0 aromatic carbocycles. The molecule has 1 fully saturated rings. The average Bonchev–Trinajstić information content (AvgIpc) is 2.70. The van der Waals surface area contributed by atoms with Crippen LogP contribution in [-0.4, -0.2) is 56.6 Å². The third-order valence-corrected chi connectivity index (χ3v) is 2.53. The van der Waals surface area contributed by atoms with E-state index >= 15 is 0 Å². The fraction of sp³-hybridized carbons (Fsp3) is 0.778.